The molecule has 0 aromatic heterocycles. The highest BCUT2D eigenvalue weighted by Gasteiger charge is 2.35. The van der Waals surface area contributed by atoms with Crippen LogP contribution >= 0.6 is 12.2 Å². The lowest BCUT2D eigenvalue weighted by Gasteiger charge is -2.30. The minimum atomic E-state index is -0.202. The molecule has 1 aliphatic carbocycles. The molecule has 0 radical (unpaired) electrons. The van der Waals surface area contributed by atoms with Crippen molar-refractivity contribution in [1.82, 2.24) is 5.32 Å². The smallest absolute Gasteiger partial charge is 0.170 e. The molecule has 1 aliphatic rings. The lowest BCUT2D eigenvalue weighted by molar-refractivity contribution is 0.434. The van der Waals surface area contributed by atoms with Crippen LogP contribution in [-0.2, 0) is 11.8 Å². The van der Waals surface area contributed by atoms with Crippen molar-refractivity contribution in [3.63, 3.8) is 0 Å². The van der Waals surface area contributed by atoms with E-state index in [1.807, 2.05) is 36.4 Å². The van der Waals surface area contributed by atoms with Crippen LogP contribution in [0.25, 0.3) is 0 Å². The summed E-state index contributed by atoms with van der Waals surface area (Å²) in [4.78, 5) is 0. The molecule has 2 aromatic carbocycles. The number of thiocarbonyl (C=S) groups is 1. The second kappa shape index (κ2) is 8.29. The van der Waals surface area contributed by atoms with Crippen molar-refractivity contribution in [1.29, 1.82) is 5.26 Å². The van der Waals surface area contributed by atoms with Crippen LogP contribution in [0.4, 0.5) is 10.1 Å². The van der Waals surface area contributed by atoms with E-state index in [2.05, 4.69) is 16.7 Å². The summed E-state index contributed by atoms with van der Waals surface area (Å²) < 4.78 is 13.3. The average Bonchev–Trinajstić information content (AvgIpc) is 3.13. The average molecular weight is 367 g/mol. The molecule has 1 fully saturated rings. The van der Waals surface area contributed by atoms with Gasteiger partial charge in [-0.05, 0) is 60.5 Å². The molecular weight excluding hydrogens is 345 g/mol. The van der Waals surface area contributed by atoms with Crippen LogP contribution in [0.1, 0.15) is 36.8 Å². The Hall–Kier alpha value is -2.45. The molecule has 5 heteroatoms. The molecule has 0 aliphatic heterocycles. The van der Waals surface area contributed by atoms with Crippen molar-refractivity contribution in [2.75, 3.05) is 11.9 Å². The molecule has 0 unspecified atom stereocenters. The third-order valence-electron chi connectivity index (χ3n) is 5.10. The van der Waals surface area contributed by atoms with Crippen LogP contribution < -0.4 is 10.6 Å². The second-order valence-corrected chi connectivity index (χ2v) is 7.24. The topological polar surface area (TPSA) is 47.9 Å². The van der Waals surface area contributed by atoms with Crippen molar-refractivity contribution in [3.8, 4) is 6.07 Å². The molecule has 3 rings (SSSR count). The van der Waals surface area contributed by atoms with E-state index in [0.717, 1.165) is 30.6 Å². The van der Waals surface area contributed by atoms with Gasteiger partial charge in [-0.15, -0.1) is 0 Å². The van der Waals surface area contributed by atoms with E-state index in [1.165, 1.54) is 30.5 Å². The number of halogens is 1. The molecule has 0 bridgehead atoms. The highest BCUT2D eigenvalue weighted by molar-refractivity contribution is 7.80. The molecular formula is C21H22FN3S. The zero-order chi connectivity index (χ0) is 18.4. The summed E-state index contributed by atoms with van der Waals surface area (Å²) in [6, 6.07) is 16.7. The van der Waals surface area contributed by atoms with Crippen molar-refractivity contribution < 1.29 is 4.39 Å². The van der Waals surface area contributed by atoms with E-state index in [-0.39, 0.29) is 11.2 Å². The standard InChI is InChI=1S/C21H22FN3S/c22-18-7-5-17(6-8-18)21(12-1-2-13-21)15-24-20(26)25-19-9-3-16(4-10-19)11-14-23/h3-10H,1-2,11-13,15H2,(H2,24,25,26). The molecule has 1 saturated carbocycles. The Balaban J connectivity index is 1.61. The first-order chi connectivity index (χ1) is 12.6. The Bertz CT molecular complexity index is 788. The van der Waals surface area contributed by atoms with Crippen molar-refractivity contribution in [3.05, 3.63) is 65.5 Å². The fourth-order valence-electron chi connectivity index (χ4n) is 3.64. The number of nitriles is 1. The molecule has 0 heterocycles. The van der Waals surface area contributed by atoms with Crippen LogP contribution in [0.5, 0.6) is 0 Å². The van der Waals surface area contributed by atoms with E-state index >= 15 is 0 Å². The Morgan fingerprint density at radius 3 is 2.35 bits per heavy atom. The van der Waals surface area contributed by atoms with Crippen LogP contribution in [0, 0.1) is 17.1 Å². The van der Waals surface area contributed by atoms with Crippen molar-refractivity contribution in [2.45, 2.75) is 37.5 Å². The first kappa shape index (κ1) is 18.3. The van der Waals surface area contributed by atoms with Crippen molar-refractivity contribution in [2.24, 2.45) is 0 Å². The van der Waals surface area contributed by atoms with Gasteiger partial charge in [-0.2, -0.15) is 5.26 Å². The molecule has 0 amide bonds. The van der Waals surface area contributed by atoms with E-state index in [4.69, 9.17) is 17.5 Å². The summed E-state index contributed by atoms with van der Waals surface area (Å²) in [6.45, 7) is 0.733. The zero-order valence-electron chi connectivity index (χ0n) is 14.6. The maximum Gasteiger partial charge on any atom is 0.170 e. The lowest BCUT2D eigenvalue weighted by Crippen LogP contribution is -2.40. The fraction of sp³-hybridized carbons (Fsp3) is 0.333. The van der Waals surface area contributed by atoms with E-state index in [1.54, 1.807) is 0 Å². The molecule has 0 saturated heterocycles. The Morgan fingerprint density at radius 2 is 1.73 bits per heavy atom. The largest absolute Gasteiger partial charge is 0.362 e. The molecule has 0 atom stereocenters. The summed E-state index contributed by atoms with van der Waals surface area (Å²) in [7, 11) is 0. The highest BCUT2D eigenvalue weighted by Crippen LogP contribution is 2.40. The summed E-state index contributed by atoms with van der Waals surface area (Å²) in [5.41, 5.74) is 3.06. The van der Waals surface area contributed by atoms with Crippen molar-refractivity contribution >= 4 is 23.0 Å². The van der Waals surface area contributed by atoms with Gasteiger partial charge in [-0.1, -0.05) is 37.1 Å². The Morgan fingerprint density at radius 1 is 1.08 bits per heavy atom. The number of hydrogen-bond acceptors (Lipinski definition) is 2. The van der Waals surface area contributed by atoms with Gasteiger partial charge in [0.05, 0.1) is 12.5 Å². The van der Waals surface area contributed by atoms with Crippen LogP contribution in [0.15, 0.2) is 48.5 Å². The Kier molecular flexibility index (Phi) is 5.85. The van der Waals surface area contributed by atoms with Gasteiger partial charge >= 0.3 is 0 Å². The maximum atomic E-state index is 13.3. The highest BCUT2D eigenvalue weighted by atomic mass is 32.1. The first-order valence-corrected chi connectivity index (χ1v) is 9.29. The summed E-state index contributed by atoms with van der Waals surface area (Å²) in [5, 5.41) is 15.8. The molecule has 26 heavy (non-hydrogen) atoms. The first-order valence-electron chi connectivity index (χ1n) is 8.88. The molecule has 134 valence electrons. The fourth-order valence-corrected chi connectivity index (χ4v) is 3.83. The normalized spacial score (nSPS) is 15.2. The molecule has 0 spiro atoms. The molecule has 2 aromatic rings. The summed E-state index contributed by atoms with van der Waals surface area (Å²) >= 11 is 5.44. The van der Waals surface area contributed by atoms with Crippen LogP contribution in [0.2, 0.25) is 0 Å². The van der Waals surface area contributed by atoms with Crippen LogP contribution in [0.3, 0.4) is 0 Å². The third kappa shape index (κ3) is 4.39. The SMILES string of the molecule is N#CCc1ccc(NC(=S)NCC2(c3ccc(F)cc3)CCCC2)cc1. The number of nitrogens with zero attached hydrogens (tertiary/aromatic N) is 1. The quantitative estimate of drug-likeness (QED) is 0.753. The summed E-state index contributed by atoms with van der Waals surface area (Å²) in [5.74, 6) is -0.202. The predicted octanol–water partition coefficient (Wildman–Crippen LogP) is 4.69. The number of benzene rings is 2. The van der Waals surface area contributed by atoms with E-state index in [9.17, 15) is 4.39 Å². The third-order valence-corrected chi connectivity index (χ3v) is 5.35. The number of anilines is 1. The predicted molar refractivity (Wildman–Crippen MR) is 107 cm³/mol. The van der Waals surface area contributed by atoms with Gasteiger partial charge in [0.25, 0.3) is 0 Å². The maximum absolute atomic E-state index is 13.3. The van der Waals surface area contributed by atoms with Gasteiger partial charge in [0.15, 0.2) is 5.11 Å². The Labute approximate surface area is 159 Å². The lowest BCUT2D eigenvalue weighted by atomic mass is 9.79. The second-order valence-electron chi connectivity index (χ2n) is 6.83. The number of rotatable bonds is 5. The minimum Gasteiger partial charge on any atom is -0.362 e. The van der Waals surface area contributed by atoms with E-state index in [0.29, 0.717) is 11.5 Å². The van der Waals surface area contributed by atoms with Gasteiger partial charge in [0.1, 0.15) is 5.82 Å². The number of hydrogen-bond donors (Lipinski definition) is 2. The van der Waals surface area contributed by atoms with Gasteiger partial charge in [-0.25, -0.2) is 4.39 Å². The summed E-state index contributed by atoms with van der Waals surface area (Å²) in [6.07, 6.45) is 4.93. The molecule has 2 N–H and O–H groups in total. The zero-order valence-corrected chi connectivity index (χ0v) is 15.4. The number of nitrogens with one attached hydrogen (secondary N) is 2. The van der Waals surface area contributed by atoms with Gasteiger partial charge < -0.3 is 10.6 Å². The van der Waals surface area contributed by atoms with Gasteiger partial charge in [0.2, 0.25) is 0 Å². The monoisotopic (exact) mass is 367 g/mol. The van der Waals surface area contributed by atoms with Crippen LogP contribution in [-0.4, -0.2) is 11.7 Å². The van der Waals surface area contributed by atoms with E-state index < -0.39 is 0 Å². The van der Waals surface area contributed by atoms with Gasteiger partial charge in [0, 0.05) is 17.6 Å². The van der Waals surface area contributed by atoms with Gasteiger partial charge in [-0.3, -0.25) is 0 Å². The minimum absolute atomic E-state index is 0.0100. The molecule has 3 nitrogen and oxygen atoms in total.